The van der Waals surface area contributed by atoms with Gasteiger partial charge in [-0.1, -0.05) is 36.4 Å². The molecule has 0 saturated heterocycles. The van der Waals surface area contributed by atoms with Gasteiger partial charge in [0.05, 0.1) is 16.8 Å². The highest BCUT2D eigenvalue weighted by molar-refractivity contribution is 7.87. The van der Waals surface area contributed by atoms with Crippen LogP contribution in [0.5, 0.6) is 0 Å². The van der Waals surface area contributed by atoms with E-state index in [1.165, 1.54) is 21.9 Å². The van der Waals surface area contributed by atoms with Crippen molar-refractivity contribution >= 4 is 58.9 Å². The second kappa shape index (κ2) is 8.56. The number of hydrogen-bond acceptors (Lipinski definition) is 9. The van der Waals surface area contributed by atoms with E-state index < -0.39 is 69.0 Å². The molecular formula is C18H14N2O12S3. The highest BCUT2D eigenvalue weighted by Crippen LogP contribution is 2.46. The number of nitrogens with two attached hydrogens (primary N) is 1. The SMILES string of the molecule is Nc1c(S(=O)(=O)O)c(C(=O)O)cc(C(=O)NS(=O)(=O)O)c1S(=O)(=O)O.c1cc2c3c-2cccc3c1. The van der Waals surface area contributed by atoms with Crippen LogP contribution in [0.25, 0.3) is 21.9 Å². The Kier molecular flexibility index (Phi) is 6.36. The fourth-order valence-electron chi connectivity index (χ4n) is 3.32. The minimum Gasteiger partial charge on any atom is -0.478 e. The van der Waals surface area contributed by atoms with Gasteiger partial charge in [0, 0.05) is 0 Å². The second-order valence-corrected chi connectivity index (χ2v) is 10.8. The molecule has 35 heavy (non-hydrogen) atoms. The zero-order valence-corrected chi connectivity index (χ0v) is 19.3. The highest BCUT2D eigenvalue weighted by Gasteiger charge is 2.35. The van der Waals surface area contributed by atoms with Gasteiger partial charge in [-0.15, -0.1) is 0 Å². The van der Waals surface area contributed by atoms with Crippen molar-refractivity contribution in [3.63, 3.8) is 0 Å². The number of benzene rings is 3. The number of nitrogens with one attached hydrogen (secondary N) is 1. The minimum atomic E-state index is -5.52. The van der Waals surface area contributed by atoms with E-state index in [1.54, 1.807) is 0 Å². The van der Waals surface area contributed by atoms with Crippen molar-refractivity contribution in [3.05, 3.63) is 53.6 Å². The summed E-state index contributed by atoms with van der Waals surface area (Å²) in [7, 11) is -16.2. The smallest absolute Gasteiger partial charge is 0.359 e. The highest BCUT2D eigenvalue weighted by atomic mass is 32.2. The average Bonchev–Trinajstić information content (AvgIpc) is 3.40. The molecule has 0 bridgehead atoms. The number of fused-ring (bicyclic) bond motifs is 1. The van der Waals surface area contributed by atoms with Crippen LogP contribution in [0.15, 0.2) is 52.3 Å². The van der Waals surface area contributed by atoms with Crippen molar-refractivity contribution < 1.29 is 53.6 Å². The van der Waals surface area contributed by atoms with E-state index in [4.69, 9.17) is 24.5 Å². The molecule has 14 nitrogen and oxygen atoms in total. The molecule has 7 N–H and O–H groups in total. The maximum absolute atomic E-state index is 11.7. The molecule has 0 unspecified atom stereocenters. The summed E-state index contributed by atoms with van der Waals surface area (Å²) >= 11 is 0. The molecule has 0 saturated carbocycles. The molecule has 3 aromatic rings. The third kappa shape index (κ3) is 5.39. The first-order chi connectivity index (χ1) is 15.9. The molecule has 3 aromatic carbocycles. The second-order valence-electron chi connectivity index (χ2n) is 6.91. The van der Waals surface area contributed by atoms with Crippen LogP contribution in [0.2, 0.25) is 0 Å². The van der Waals surface area contributed by atoms with Crippen molar-refractivity contribution in [2.45, 2.75) is 9.79 Å². The largest absolute Gasteiger partial charge is 0.478 e. The molecule has 0 aliphatic heterocycles. The quantitative estimate of drug-likeness (QED) is 0.150. The summed E-state index contributed by atoms with van der Waals surface area (Å²) in [5.41, 5.74) is 3.65. The number of carbonyl (C=O) groups is 2. The number of hydrogen-bond donors (Lipinski definition) is 6. The number of aromatic carboxylic acids is 1. The third-order valence-electron chi connectivity index (χ3n) is 4.61. The summed E-state index contributed by atoms with van der Waals surface area (Å²) in [6.45, 7) is 0. The van der Waals surface area contributed by atoms with Gasteiger partial charge in [0.2, 0.25) is 0 Å². The van der Waals surface area contributed by atoms with Crippen molar-refractivity contribution in [1.29, 1.82) is 0 Å². The Bertz CT molecular complexity index is 1710. The molecule has 0 spiro atoms. The summed E-state index contributed by atoms with van der Waals surface area (Å²) in [6, 6.07) is 12.9. The summed E-state index contributed by atoms with van der Waals surface area (Å²) < 4.78 is 94.0. The van der Waals surface area contributed by atoms with Gasteiger partial charge >= 0.3 is 16.3 Å². The molecule has 0 fully saturated rings. The van der Waals surface area contributed by atoms with Gasteiger partial charge in [-0.2, -0.15) is 25.3 Å². The van der Waals surface area contributed by atoms with Gasteiger partial charge in [-0.05, 0) is 28.0 Å². The lowest BCUT2D eigenvalue weighted by molar-refractivity contribution is 0.0692. The molecule has 1 aliphatic rings. The third-order valence-corrected chi connectivity index (χ3v) is 6.97. The molecule has 4 rings (SSSR count). The summed E-state index contributed by atoms with van der Waals surface area (Å²) in [5, 5.41) is 11.8. The number of carbonyl (C=O) groups excluding carboxylic acids is 1. The Hall–Kier alpha value is -3.61. The van der Waals surface area contributed by atoms with Crippen molar-refractivity contribution in [2.24, 2.45) is 0 Å². The number of carboxylic acid groups (broad SMARTS) is 1. The van der Waals surface area contributed by atoms with Gasteiger partial charge < -0.3 is 10.8 Å². The maximum Gasteiger partial charge on any atom is 0.359 e. The molecule has 0 aromatic heterocycles. The van der Waals surface area contributed by atoms with E-state index in [0.29, 0.717) is 0 Å². The van der Waals surface area contributed by atoms with E-state index in [-0.39, 0.29) is 6.07 Å². The van der Waals surface area contributed by atoms with E-state index in [2.05, 4.69) is 36.4 Å². The van der Waals surface area contributed by atoms with Crippen LogP contribution in [0.1, 0.15) is 20.7 Å². The first kappa shape index (κ1) is 26.0. The molecule has 0 heterocycles. The van der Waals surface area contributed by atoms with Gasteiger partial charge in [-0.3, -0.25) is 18.5 Å². The van der Waals surface area contributed by atoms with E-state index in [9.17, 15) is 34.8 Å². The Morgan fingerprint density at radius 1 is 0.771 bits per heavy atom. The van der Waals surface area contributed by atoms with Crippen molar-refractivity contribution in [1.82, 2.24) is 4.72 Å². The average molecular weight is 547 g/mol. The molecular weight excluding hydrogens is 532 g/mol. The Morgan fingerprint density at radius 3 is 1.60 bits per heavy atom. The molecule has 17 heteroatoms. The Balaban J connectivity index is 0.000000276. The number of rotatable bonds is 5. The zero-order valence-electron chi connectivity index (χ0n) is 16.9. The number of carboxylic acids is 1. The monoisotopic (exact) mass is 546 g/mol. The standard InChI is InChI=1S/C10H6.C8H8N2O12S3/c1-3-7-4-2-6-9-8(5-1)10(7)9;9-4-5(23(14,15)16)2(7(11)10-25(20,21)22)1-3(8(12)13)6(4)24(17,18)19/h1-6H;1H,9H2,(H,10,11)(H,12,13)(H,14,15,16)(H,17,18,19)(H,20,21,22). The van der Waals surface area contributed by atoms with Gasteiger partial charge in [0.25, 0.3) is 26.1 Å². The number of anilines is 1. The summed E-state index contributed by atoms with van der Waals surface area (Å²) in [4.78, 5) is 19.5. The summed E-state index contributed by atoms with van der Waals surface area (Å²) in [6.07, 6.45) is 0. The van der Waals surface area contributed by atoms with Crippen LogP contribution in [0.3, 0.4) is 0 Å². The predicted octanol–water partition coefficient (Wildman–Crippen LogP) is 0.813. The lowest BCUT2D eigenvalue weighted by Gasteiger charge is -2.14. The molecule has 186 valence electrons. The minimum absolute atomic E-state index is 0.0193. The normalized spacial score (nSPS) is 12.4. The first-order valence-corrected chi connectivity index (χ1v) is 13.2. The van der Waals surface area contributed by atoms with Crippen molar-refractivity contribution in [2.75, 3.05) is 5.73 Å². The Morgan fingerprint density at radius 2 is 1.23 bits per heavy atom. The number of amides is 1. The van der Waals surface area contributed by atoms with Crippen LogP contribution >= 0.6 is 0 Å². The lowest BCUT2D eigenvalue weighted by atomic mass is 10.1. The van der Waals surface area contributed by atoms with Crippen LogP contribution in [-0.4, -0.2) is 55.9 Å². The Labute approximate surface area is 197 Å². The van der Waals surface area contributed by atoms with Crippen LogP contribution in [-0.2, 0) is 30.5 Å². The molecule has 1 aliphatic carbocycles. The predicted molar refractivity (Wildman–Crippen MR) is 119 cm³/mol. The first-order valence-electron chi connectivity index (χ1n) is 8.90. The summed E-state index contributed by atoms with van der Waals surface area (Å²) in [5.74, 6) is -4.08. The van der Waals surface area contributed by atoms with Crippen LogP contribution in [0, 0.1) is 0 Å². The maximum atomic E-state index is 11.7. The fourth-order valence-corrected chi connectivity index (χ4v) is 5.34. The molecule has 0 atom stereocenters. The van der Waals surface area contributed by atoms with Gasteiger partial charge in [-0.25, -0.2) is 9.52 Å². The number of nitrogen functional groups attached to an aromatic ring is 1. The molecule has 0 radical (unpaired) electrons. The van der Waals surface area contributed by atoms with Crippen LogP contribution < -0.4 is 10.5 Å². The zero-order chi connectivity index (χ0) is 26.5. The fraction of sp³-hybridized carbons (Fsp3) is 0. The van der Waals surface area contributed by atoms with E-state index in [0.717, 1.165) is 4.72 Å². The lowest BCUT2D eigenvalue weighted by Crippen LogP contribution is -2.32. The topological polar surface area (TPSA) is 256 Å². The van der Waals surface area contributed by atoms with Gasteiger partial charge in [0.15, 0.2) is 0 Å². The van der Waals surface area contributed by atoms with Crippen molar-refractivity contribution in [3.8, 4) is 11.1 Å². The van der Waals surface area contributed by atoms with E-state index >= 15 is 0 Å². The van der Waals surface area contributed by atoms with Crippen LogP contribution in [0.4, 0.5) is 5.69 Å². The van der Waals surface area contributed by atoms with Gasteiger partial charge in [0.1, 0.15) is 9.79 Å². The molecule has 1 amide bonds. The van der Waals surface area contributed by atoms with E-state index in [1.807, 2.05) is 0 Å².